The standard InChI is InChI=1S/C21H21N3O/c1-24(2)19(12-15-8-4-3-5-9-15)21-23-14-20(25-21)17-13-22-18-11-7-6-10-16(17)18/h3-11,13-14,19,22H,12H2,1-2H3/t19-/m0/s1. The molecule has 0 amide bonds. The van der Waals surface area contributed by atoms with Gasteiger partial charge in [-0.05, 0) is 32.1 Å². The van der Waals surface area contributed by atoms with E-state index in [1.165, 1.54) is 5.56 Å². The van der Waals surface area contributed by atoms with Crippen molar-refractivity contribution < 1.29 is 4.42 Å². The van der Waals surface area contributed by atoms with E-state index >= 15 is 0 Å². The summed E-state index contributed by atoms with van der Waals surface area (Å²) in [6, 6.07) is 18.8. The third-order valence-electron chi connectivity index (χ3n) is 4.56. The summed E-state index contributed by atoms with van der Waals surface area (Å²) >= 11 is 0. The lowest BCUT2D eigenvalue weighted by Gasteiger charge is -2.21. The van der Waals surface area contributed by atoms with Gasteiger partial charge in [0, 0.05) is 22.7 Å². The second-order valence-corrected chi connectivity index (χ2v) is 6.48. The molecule has 0 aliphatic carbocycles. The van der Waals surface area contributed by atoms with Gasteiger partial charge in [-0.2, -0.15) is 0 Å². The first-order valence-corrected chi connectivity index (χ1v) is 8.45. The molecule has 4 rings (SSSR count). The Morgan fingerprint density at radius 2 is 1.80 bits per heavy atom. The van der Waals surface area contributed by atoms with Crippen LogP contribution in [0.2, 0.25) is 0 Å². The fourth-order valence-electron chi connectivity index (χ4n) is 3.17. The molecule has 126 valence electrons. The predicted octanol–water partition coefficient (Wildman–Crippen LogP) is 4.67. The van der Waals surface area contributed by atoms with E-state index < -0.39 is 0 Å². The highest BCUT2D eigenvalue weighted by atomic mass is 16.4. The van der Waals surface area contributed by atoms with Gasteiger partial charge in [0.05, 0.1) is 12.2 Å². The number of hydrogen-bond acceptors (Lipinski definition) is 3. The maximum Gasteiger partial charge on any atom is 0.212 e. The first-order chi connectivity index (χ1) is 12.2. The van der Waals surface area contributed by atoms with Gasteiger partial charge in [0.25, 0.3) is 0 Å². The lowest BCUT2D eigenvalue weighted by molar-refractivity contribution is 0.250. The van der Waals surface area contributed by atoms with Crippen LogP contribution in [-0.2, 0) is 6.42 Å². The fourth-order valence-corrected chi connectivity index (χ4v) is 3.17. The molecule has 25 heavy (non-hydrogen) atoms. The van der Waals surface area contributed by atoms with E-state index in [1.54, 1.807) is 0 Å². The monoisotopic (exact) mass is 331 g/mol. The second-order valence-electron chi connectivity index (χ2n) is 6.48. The van der Waals surface area contributed by atoms with Crippen LogP contribution < -0.4 is 0 Å². The van der Waals surface area contributed by atoms with Crippen molar-refractivity contribution in [3.63, 3.8) is 0 Å². The van der Waals surface area contributed by atoms with E-state index in [1.807, 2.05) is 30.6 Å². The summed E-state index contributed by atoms with van der Waals surface area (Å²) in [7, 11) is 4.12. The highest BCUT2D eigenvalue weighted by Crippen LogP contribution is 2.31. The zero-order chi connectivity index (χ0) is 17.2. The van der Waals surface area contributed by atoms with Crippen LogP contribution in [0.4, 0.5) is 0 Å². The number of aromatic nitrogens is 2. The topological polar surface area (TPSA) is 45.1 Å². The number of aromatic amines is 1. The molecule has 0 radical (unpaired) electrons. The Morgan fingerprint density at radius 1 is 1.04 bits per heavy atom. The van der Waals surface area contributed by atoms with Gasteiger partial charge in [0.2, 0.25) is 5.89 Å². The lowest BCUT2D eigenvalue weighted by Crippen LogP contribution is -2.22. The number of H-pyrrole nitrogens is 1. The van der Waals surface area contributed by atoms with Crippen molar-refractivity contribution in [1.29, 1.82) is 0 Å². The Labute approximate surface area is 147 Å². The number of nitrogens with one attached hydrogen (secondary N) is 1. The van der Waals surface area contributed by atoms with Crippen LogP contribution in [0.3, 0.4) is 0 Å². The summed E-state index contributed by atoms with van der Waals surface area (Å²) in [5, 5.41) is 1.15. The quantitative estimate of drug-likeness (QED) is 0.578. The molecular weight excluding hydrogens is 310 g/mol. The van der Waals surface area contributed by atoms with Gasteiger partial charge in [-0.25, -0.2) is 4.98 Å². The van der Waals surface area contributed by atoms with E-state index in [0.29, 0.717) is 0 Å². The summed E-state index contributed by atoms with van der Waals surface area (Å²) < 4.78 is 6.16. The minimum absolute atomic E-state index is 0.0985. The van der Waals surface area contributed by atoms with E-state index in [4.69, 9.17) is 4.42 Å². The molecule has 4 heteroatoms. The van der Waals surface area contributed by atoms with Gasteiger partial charge >= 0.3 is 0 Å². The van der Waals surface area contributed by atoms with Gasteiger partial charge in [0.1, 0.15) is 0 Å². The van der Waals surface area contributed by atoms with Gasteiger partial charge in [-0.3, -0.25) is 4.90 Å². The normalized spacial score (nSPS) is 12.8. The number of benzene rings is 2. The number of oxazole rings is 1. The molecule has 2 aromatic heterocycles. The number of nitrogens with zero attached hydrogens (tertiary/aromatic N) is 2. The molecule has 2 heterocycles. The third kappa shape index (κ3) is 3.08. The molecule has 4 aromatic rings. The van der Waals surface area contributed by atoms with Crippen LogP contribution in [0.5, 0.6) is 0 Å². The third-order valence-corrected chi connectivity index (χ3v) is 4.56. The van der Waals surface area contributed by atoms with Crippen molar-refractivity contribution in [3.8, 4) is 11.3 Å². The number of fused-ring (bicyclic) bond motifs is 1. The average Bonchev–Trinajstić information content (AvgIpc) is 3.27. The molecule has 0 aliphatic heterocycles. The van der Waals surface area contributed by atoms with Crippen LogP contribution >= 0.6 is 0 Å². The minimum atomic E-state index is 0.0985. The van der Waals surface area contributed by atoms with E-state index in [-0.39, 0.29) is 6.04 Å². The molecule has 0 fully saturated rings. The largest absolute Gasteiger partial charge is 0.439 e. The van der Waals surface area contributed by atoms with Gasteiger partial charge in [0.15, 0.2) is 5.76 Å². The Balaban J connectivity index is 1.67. The SMILES string of the molecule is CN(C)[C@@H](Cc1ccccc1)c1ncc(-c2c[nH]c3ccccc23)o1. The first kappa shape index (κ1) is 15.7. The highest BCUT2D eigenvalue weighted by Gasteiger charge is 2.21. The van der Waals surface area contributed by atoms with Crippen molar-refractivity contribution in [2.45, 2.75) is 12.5 Å². The predicted molar refractivity (Wildman–Crippen MR) is 100 cm³/mol. The zero-order valence-electron chi connectivity index (χ0n) is 14.4. The van der Waals surface area contributed by atoms with Gasteiger partial charge in [-0.15, -0.1) is 0 Å². The lowest BCUT2D eigenvalue weighted by atomic mass is 10.1. The molecule has 0 aliphatic rings. The second kappa shape index (κ2) is 6.57. The fraction of sp³-hybridized carbons (Fsp3) is 0.190. The molecule has 0 spiro atoms. The molecule has 0 unspecified atom stereocenters. The van der Waals surface area contributed by atoms with Crippen molar-refractivity contribution in [3.05, 3.63) is 78.4 Å². The maximum absolute atomic E-state index is 6.16. The van der Waals surface area contributed by atoms with Crippen molar-refractivity contribution >= 4 is 10.9 Å². The van der Waals surface area contributed by atoms with Crippen LogP contribution in [0.25, 0.3) is 22.2 Å². The van der Waals surface area contributed by atoms with Crippen LogP contribution in [0, 0.1) is 0 Å². The van der Waals surface area contributed by atoms with Crippen molar-refractivity contribution in [1.82, 2.24) is 14.9 Å². The zero-order valence-corrected chi connectivity index (χ0v) is 14.4. The van der Waals surface area contributed by atoms with Gasteiger partial charge in [-0.1, -0.05) is 48.5 Å². The Bertz CT molecular complexity index is 969. The molecule has 0 bridgehead atoms. The average molecular weight is 331 g/mol. The number of rotatable bonds is 5. The smallest absolute Gasteiger partial charge is 0.212 e. The van der Waals surface area contributed by atoms with Crippen molar-refractivity contribution in [2.24, 2.45) is 0 Å². The summed E-state index contributed by atoms with van der Waals surface area (Å²) in [5.41, 5.74) is 3.42. The van der Waals surface area contributed by atoms with E-state index in [2.05, 4.69) is 65.4 Å². The molecule has 1 N–H and O–H groups in total. The molecule has 4 nitrogen and oxygen atoms in total. The number of hydrogen-bond donors (Lipinski definition) is 1. The minimum Gasteiger partial charge on any atom is -0.439 e. The van der Waals surface area contributed by atoms with Crippen LogP contribution in [-0.4, -0.2) is 29.0 Å². The molecular formula is C21H21N3O. The van der Waals surface area contributed by atoms with Crippen LogP contribution in [0.15, 0.2) is 71.4 Å². The Morgan fingerprint density at radius 3 is 2.60 bits per heavy atom. The van der Waals surface area contributed by atoms with E-state index in [9.17, 15) is 0 Å². The van der Waals surface area contributed by atoms with E-state index in [0.717, 1.165) is 34.5 Å². The number of para-hydroxylation sites is 1. The Kier molecular flexibility index (Phi) is 4.12. The summed E-state index contributed by atoms with van der Waals surface area (Å²) in [5.74, 6) is 1.54. The Hall–Kier alpha value is -2.85. The summed E-state index contributed by atoms with van der Waals surface area (Å²) in [6.45, 7) is 0. The first-order valence-electron chi connectivity index (χ1n) is 8.45. The molecule has 2 aromatic carbocycles. The maximum atomic E-state index is 6.16. The van der Waals surface area contributed by atoms with Gasteiger partial charge < -0.3 is 9.40 Å². The highest BCUT2D eigenvalue weighted by molar-refractivity contribution is 5.93. The summed E-state index contributed by atoms with van der Waals surface area (Å²) in [4.78, 5) is 10.0. The molecule has 1 atom stereocenters. The summed E-state index contributed by atoms with van der Waals surface area (Å²) in [6.07, 6.45) is 4.67. The van der Waals surface area contributed by atoms with Crippen molar-refractivity contribution in [2.75, 3.05) is 14.1 Å². The molecule has 0 saturated heterocycles. The molecule has 0 saturated carbocycles. The number of likely N-dealkylation sites (N-methyl/N-ethyl adjacent to an activating group) is 1. The van der Waals surface area contributed by atoms with Crippen LogP contribution in [0.1, 0.15) is 17.5 Å².